The zero-order valence-electron chi connectivity index (χ0n) is 47.8. The highest BCUT2D eigenvalue weighted by Gasteiger charge is 2.36. The molecular formula is C55H60Br2F6N10O16. The molecule has 0 atom stereocenters. The number of hydrogen-bond donors (Lipinski definition) is 7. The first-order valence-electron chi connectivity index (χ1n) is 25.8. The number of hydrogen-bond acceptors (Lipinski definition) is 20. The Morgan fingerprint density at radius 3 is 1.34 bits per heavy atom. The van der Waals surface area contributed by atoms with Crippen LogP contribution in [0.3, 0.4) is 0 Å². The lowest BCUT2D eigenvalue weighted by molar-refractivity contribution is -0.384. The van der Waals surface area contributed by atoms with E-state index in [0.29, 0.717) is 22.3 Å². The van der Waals surface area contributed by atoms with Crippen LogP contribution in [0.25, 0.3) is 0 Å². The van der Waals surface area contributed by atoms with E-state index < -0.39 is 96.5 Å². The first-order valence-corrected chi connectivity index (χ1v) is 27.4. The molecule has 482 valence electrons. The SMILES string of the molecule is C1CCOC1.CCOC(=O)N(C(=O)OCC)c1c(F)cc(Br)cc1[N+](=O)[O-].CCOC(=O)Nc1c(F)cc(NCc2ccc(F)cc2)cc1[N+](=O)[O-].CCOC(=O)Nc1c(N)cc(NCc2ccc(F)cc2)cc1F.CO.Nc1c(F)cc(Br)cc1[N+](=O)[O-]. The zero-order chi connectivity index (χ0) is 66.9. The fraction of sp³-hybridized carbons (Fsp3) is 0.273. The predicted octanol–water partition coefficient (Wildman–Crippen LogP) is 13.9. The smallest absolute Gasteiger partial charge is 0.424 e. The lowest BCUT2D eigenvalue weighted by atomic mass is 10.2. The minimum atomic E-state index is -1.27. The van der Waals surface area contributed by atoms with Crippen molar-refractivity contribution in [3.8, 4) is 0 Å². The summed E-state index contributed by atoms with van der Waals surface area (Å²) in [7, 11) is 1.00. The highest BCUT2D eigenvalue weighted by atomic mass is 79.9. The number of nitro benzene ring substituents is 3. The molecule has 6 aromatic carbocycles. The number of nitro groups is 3. The van der Waals surface area contributed by atoms with Gasteiger partial charge in [-0.1, -0.05) is 56.1 Å². The summed E-state index contributed by atoms with van der Waals surface area (Å²) in [4.78, 5) is 76.7. The number of aliphatic hydroxyl groups excluding tert-OH is 1. The number of ether oxygens (including phenoxy) is 5. The number of carbonyl (C=O) groups is 4. The minimum absolute atomic E-state index is 0.0402. The number of carbonyl (C=O) groups excluding carboxylic acids is 4. The van der Waals surface area contributed by atoms with Crippen molar-refractivity contribution in [1.82, 2.24) is 0 Å². The minimum Gasteiger partial charge on any atom is -0.450 e. The summed E-state index contributed by atoms with van der Waals surface area (Å²) < 4.78 is 105. The largest absolute Gasteiger partial charge is 0.450 e. The van der Waals surface area contributed by atoms with Crippen molar-refractivity contribution in [3.05, 3.63) is 182 Å². The van der Waals surface area contributed by atoms with Gasteiger partial charge >= 0.3 is 24.4 Å². The van der Waals surface area contributed by atoms with Crippen LogP contribution >= 0.6 is 31.9 Å². The maximum Gasteiger partial charge on any atom is 0.424 e. The number of rotatable bonds is 16. The van der Waals surface area contributed by atoms with Gasteiger partial charge in [0.05, 0.1) is 46.9 Å². The Balaban J connectivity index is 0.000000398. The third kappa shape index (κ3) is 25.8. The van der Waals surface area contributed by atoms with E-state index in [2.05, 4.69) is 66.8 Å². The first kappa shape index (κ1) is 75.6. The van der Waals surface area contributed by atoms with Crippen molar-refractivity contribution < 1.29 is 89.1 Å². The highest BCUT2D eigenvalue weighted by molar-refractivity contribution is 9.10. The molecule has 0 bridgehead atoms. The number of nitrogens with zero attached hydrogens (tertiary/aromatic N) is 4. The molecule has 1 heterocycles. The van der Waals surface area contributed by atoms with E-state index in [1.807, 2.05) is 5.32 Å². The molecule has 7 rings (SSSR count). The number of nitrogens with two attached hydrogens (primary N) is 2. The Labute approximate surface area is 520 Å². The monoisotopic (exact) mass is 1390 g/mol. The van der Waals surface area contributed by atoms with Gasteiger partial charge in [0.25, 0.3) is 17.1 Å². The first-order chi connectivity index (χ1) is 42.2. The Hall–Kier alpha value is -9.54. The highest BCUT2D eigenvalue weighted by Crippen LogP contribution is 2.36. The van der Waals surface area contributed by atoms with Crippen molar-refractivity contribution in [2.45, 2.75) is 53.6 Å². The molecule has 4 amide bonds. The summed E-state index contributed by atoms with van der Waals surface area (Å²) in [6.45, 7) is 8.70. The van der Waals surface area contributed by atoms with Crippen molar-refractivity contribution in [1.29, 1.82) is 0 Å². The second kappa shape index (κ2) is 39.3. The van der Waals surface area contributed by atoms with E-state index in [1.54, 1.807) is 26.0 Å². The molecule has 1 saturated heterocycles. The molecule has 9 N–H and O–H groups in total. The fourth-order valence-corrected chi connectivity index (χ4v) is 7.59. The van der Waals surface area contributed by atoms with Crippen LogP contribution in [0, 0.1) is 65.2 Å². The van der Waals surface area contributed by atoms with Crippen molar-refractivity contribution in [2.75, 3.05) is 84.4 Å². The second-order valence-corrected chi connectivity index (χ2v) is 18.7. The van der Waals surface area contributed by atoms with Gasteiger partial charge in [-0.05, 0) is 106 Å². The van der Waals surface area contributed by atoms with Gasteiger partial charge in [-0.25, -0.2) is 45.5 Å². The van der Waals surface area contributed by atoms with Crippen LogP contribution in [-0.4, -0.2) is 91.0 Å². The van der Waals surface area contributed by atoms with Gasteiger partial charge < -0.3 is 50.9 Å². The van der Waals surface area contributed by atoms with Gasteiger partial charge in [0.2, 0.25) is 0 Å². The number of nitrogen functional groups attached to an aromatic ring is 2. The number of benzene rings is 6. The van der Waals surface area contributed by atoms with Crippen LogP contribution in [-0.2, 0) is 36.8 Å². The molecule has 34 heteroatoms. The van der Waals surface area contributed by atoms with Gasteiger partial charge in [0.1, 0.15) is 23.0 Å². The molecule has 1 aliphatic heterocycles. The van der Waals surface area contributed by atoms with E-state index in [4.69, 9.17) is 21.3 Å². The molecule has 1 fully saturated rings. The van der Waals surface area contributed by atoms with Gasteiger partial charge in [0.15, 0.2) is 34.6 Å². The van der Waals surface area contributed by atoms with Gasteiger partial charge in [-0.3, -0.25) is 41.0 Å². The number of halogens is 8. The number of anilines is 7. The van der Waals surface area contributed by atoms with Gasteiger partial charge in [0, 0.05) is 71.9 Å². The summed E-state index contributed by atoms with van der Waals surface area (Å²) in [6.07, 6.45) is -1.75. The molecule has 0 saturated carbocycles. The molecule has 0 spiro atoms. The van der Waals surface area contributed by atoms with E-state index >= 15 is 0 Å². The zero-order valence-corrected chi connectivity index (χ0v) is 51.0. The van der Waals surface area contributed by atoms with Crippen molar-refractivity contribution in [2.24, 2.45) is 0 Å². The van der Waals surface area contributed by atoms with Crippen LogP contribution in [0.15, 0.2) is 106 Å². The maximum atomic E-state index is 14.2. The predicted molar refractivity (Wildman–Crippen MR) is 323 cm³/mol. The van der Waals surface area contributed by atoms with E-state index in [9.17, 15) is 75.9 Å². The molecule has 0 unspecified atom stereocenters. The summed E-state index contributed by atoms with van der Waals surface area (Å²) in [5.74, 6) is -4.32. The average Bonchev–Trinajstić information content (AvgIpc) is 1.34. The van der Waals surface area contributed by atoms with Crippen LogP contribution in [0.4, 0.5) is 102 Å². The van der Waals surface area contributed by atoms with Crippen molar-refractivity contribution >= 4 is 113 Å². The van der Waals surface area contributed by atoms with Crippen LogP contribution in [0.1, 0.15) is 51.7 Å². The lowest BCUT2D eigenvalue weighted by Gasteiger charge is -2.19. The lowest BCUT2D eigenvalue weighted by Crippen LogP contribution is -2.39. The Kier molecular flexibility index (Phi) is 33.4. The molecule has 26 nitrogen and oxygen atoms in total. The number of imide groups is 1. The second-order valence-electron chi connectivity index (χ2n) is 16.8. The Bertz CT molecular complexity index is 3310. The summed E-state index contributed by atoms with van der Waals surface area (Å²) in [5, 5.41) is 49.6. The number of nitrogens with one attached hydrogen (secondary N) is 4. The molecular weight excluding hydrogens is 1330 g/mol. The molecule has 0 radical (unpaired) electrons. The molecule has 89 heavy (non-hydrogen) atoms. The quantitative estimate of drug-likeness (QED) is 0.0156. The summed E-state index contributed by atoms with van der Waals surface area (Å²) in [5.41, 5.74) is 9.25. The fourth-order valence-electron chi connectivity index (χ4n) is 6.75. The average molecular weight is 1390 g/mol. The molecule has 1 aliphatic rings. The van der Waals surface area contributed by atoms with Crippen LogP contribution in [0.5, 0.6) is 0 Å². The molecule has 6 aromatic rings. The normalized spacial score (nSPS) is 10.7. The van der Waals surface area contributed by atoms with E-state index in [-0.39, 0.29) is 71.0 Å². The molecule has 0 aliphatic carbocycles. The standard InChI is InChI=1S/C16H15F2N3O4.C16H17F2N3O2.C12H12BrFN2O6.C6H4BrFN2O2.C4H8O.CH4O/c1-2-25-16(22)20-15-13(18)7-12(8-14(15)21(23)24)19-9-10-3-5-11(17)6-4-10;1-2-23-16(22)21-15-13(18)7-12(8-14(15)19)20-9-10-3-5-11(17)6-4-10;1-3-21-11(17)15(12(18)22-4-2)10-8(14)5-7(13)6-9(10)16(19)20;7-3-1-4(8)6(9)5(2-3)10(11)12;1-2-4-5-3-1;1-2/h3-8,19H,2,9H2,1H3,(H,20,22);3-8,20H,2,9,19H2,1H3,(H,21,22);5-6H,3-4H2,1-2H3;1-2H,9H2;1-4H2;2H,1H3. The number of aliphatic hydroxyl groups is 1. The Morgan fingerprint density at radius 2 is 0.944 bits per heavy atom. The van der Waals surface area contributed by atoms with Crippen LogP contribution < -0.4 is 37.6 Å². The van der Waals surface area contributed by atoms with Crippen LogP contribution in [0.2, 0.25) is 0 Å². The van der Waals surface area contributed by atoms with Gasteiger partial charge in [-0.15, -0.1) is 0 Å². The third-order valence-corrected chi connectivity index (χ3v) is 11.6. The maximum absolute atomic E-state index is 14.2. The summed E-state index contributed by atoms with van der Waals surface area (Å²) in [6, 6.07) is 20.4. The van der Waals surface area contributed by atoms with Gasteiger partial charge in [-0.2, -0.15) is 4.90 Å². The Morgan fingerprint density at radius 1 is 0.551 bits per heavy atom. The van der Waals surface area contributed by atoms with E-state index in [0.717, 1.165) is 62.3 Å². The summed E-state index contributed by atoms with van der Waals surface area (Å²) >= 11 is 5.82. The topological polar surface area (TPSA) is 367 Å². The van der Waals surface area contributed by atoms with E-state index in [1.165, 1.54) is 75.2 Å². The molecule has 0 aromatic heterocycles. The van der Waals surface area contributed by atoms with Crippen molar-refractivity contribution in [3.63, 3.8) is 0 Å². The third-order valence-electron chi connectivity index (χ3n) is 10.6. The number of amides is 4.